The van der Waals surface area contributed by atoms with Crippen molar-refractivity contribution in [2.45, 2.75) is 44.1 Å². The van der Waals surface area contributed by atoms with Gasteiger partial charge in [-0.15, -0.1) is 0 Å². The lowest BCUT2D eigenvalue weighted by Gasteiger charge is -2.25. The van der Waals surface area contributed by atoms with E-state index in [4.69, 9.17) is 5.10 Å². The molecule has 1 atom stereocenters. The van der Waals surface area contributed by atoms with Crippen LogP contribution in [0.3, 0.4) is 0 Å². The van der Waals surface area contributed by atoms with Crippen LogP contribution in [0, 0.1) is 0 Å². The first-order chi connectivity index (χ1) is 9.42. The minimum Gasteiger partial charge on any atom is -0.370 e. The molecule has 2 aromatic heterocycles. The highest BCUT2D eigenvalue weighted by molar-refractivity contribution is 7.07. The predicted octanol–water partition coefficient (Wildman–Crippen LogP) is 4.01. The molecule has 2 aliphatic rings. The van der Waals surface area contributed by atoms with Crippen molar-refractivity contribution in [2.75, 3.05) is 11.9 Å². The molecule has 4 heteroatoms. The van der Waals surface area contributed by atoms with Gasteiger partial charge in [-0.05, 0) is 41.7 Å². The largest absolute Gasteiger partial charge is 0.370 e. The first-order valence-corrected chi connectivity index (χ1v) is 8.21. The van der Waals surface area contributed by atoms with Crippen LogP contribution in [0.1, 0.15) is 55.3 Å². The normalized spacial score (nSPS) is 23.3. The second-order valence-electron chi connectivity index (χ2n) is 5.67. The molecule has 1 N–H and O–H groups in total. The monoisotopic (exact) mass is 273 g/mol. The lowest BCUT2D eigenvalue weighted by molar-refractivity contribution is 0.474. The van der Waals surface area contributed by atoms with Crippen LogP contribution in [0.2, 0.25) is 0 Å². The Bertz CT molecular complexity index is 552. The van der Waals surface area contributed by atoms with Crippen molar-refractivity contribution in [3.63, 3.8) is 0 Å². The average Bonchev–Trinajstić information content (AvgIpc) is 3.18. The van der Waals surface area contributed by atoms with E-state index in [0.717, 1.165) is 13.0 Å². The van der Waals surface area contributed by atoms with Gasteiger partial charge >= 0.3 is 0 Å². The van der Waals surface area contributed by atoms with Gasteiger partial charge in [0.15, 0.2) is 0 Å². The van der Waals surface area contributed by atoms with Crippen molar-refractivity contribution in [2.24, 2.45) is 0 Å². The fraction of sp³-hybridized carbons (Fsp3) is 0.533. The molecule has 1 saturated carbocycles. The summed E-state index contributed by atoms with van der Waals surface area (Å²) < 4.78 is 2.22. The number of fused-ring (bicyclic) bond motifs is 1. The molecule has 3 heterocycles. The molecule has 1 aliphatic carbocycles. The molecule has 0 aromatic carbocycles. The molecule has 0 bridgehead atoms. The van der Waals surface area contributed by atoms with E-state index in [1.54, 1.807) is 11.3 Å². The van der Waals surface area contributed by atoms with E-state index in [1.165, 1.54) is 42.8 Å². The number of nitrogens with one attached hydrogen (secondary N) is 1. The summed E-state index contributed by atoms with van der Waals surface area (Å²) in [6, 6.07) is 4.95. The van der Waals surface area contributed by atoms with Crippen molar-refractivity contribution < 1.29 is 0 Å². The third-order valence-electron chi connectivity index (χ3n) is 4.48. The van der Waals surface area contributed by atoms with Crippen molar-refractivity contribution in [1.82, 2.24) is 9.78 Å². The predicted molar refractivity (Wildman–Crippen MR) is 79.0 cm³/mol. The molecule has 1 aliphatic heterocycles. The summed E-state index contributed by atoms with van der Waals surface area (Å²) in [6.45, 7) is 1.05. The Morgan fingerprint density at radius 2 is 2.16 bits per heavy atom. The van der Waals surface area contributed by atoms with Gasteiger partial charge < -0.3 is 5.32 Å². The summed E-state index contributed by atoms with van der Waals surface area (Å²) in [7, 11) is 0. The van der Waals surface area contributed by atoms with Crippen molar-refractivity contribution in [3.8, 4) is 0 Å². The highest BCUT2D eigenvalue weighted by Crippen LogP contribution is 2.37. The number of thiophene rings is 1. The fourth-order valence-electron chi connectivity index (χ4n) is 3.44. The molecular weight excluding hydrogens is 254 g/mol. The van der Waals surface area contributed by atoms with Crippen LogP contribution in [-0.4, -0.2) is 16.3 Å². The lowest BCUT2D eigenvalue weighted by Crippen LogP contribution is -2.24. The third-order valence-corrected chi connectivity index (χ3v) is 5.18. The Morgan fingerprint density at radius 1 is 1.26 bits per heavy atom. The zero-order valence-corrected chi connectivity index (χ0v) is 11.8. The highest BCUT2D eigenvalue weighted by Gasteiger charge is 2.26. The van der Waals surface area contributed by atoms with E-state index in [0.29, 0.717) is 12.0 Å². The Labute approximate surface area is 117 Å². The molecule has 0 radical (unpaired) electrons. The number of anilines is 1. The zero-order chi connectivity index (χ0) is 12.7. The van der Waals surface area contributed by atoms with Gasteiger partial charge in [0.05, 0.1) is 11.7 Å². The van der Waals surface area contributed by atoms with Gasteiger partial charge in [-0.3, -0.25) is 0 Å². The second kappa shape index (κ2) is 4.67. The smallest absolute Gasteiger partial charge is 0.125 e. The van der Waals surface area contributed by atoms with Gasteiger partial charge in [0.25, 0.3) is 0 Å². The summed E-state index contributed by atoms with van der Waals surface area (Å²) in [5, 5.41) is 12.9. The van der Waals surface area contributed by atoms with Gasteiger partial charge in [0, 0.05) is 18.5 Å². The summed E-state index contributed by atoms with van der Waals surface area (Å²) in [5.41, 5.74) is 2.72. The Balaban J connectivity index is 1.70. The van der Waals surface area contributed by atoms with E-state index < -0.39 is 0 Å². The Kier molecular flexibility index (Phi) is 2.84. The minimum absolute atomic E-state index is 0.428. The average molecular weight is 273 g/mol. The summed E-state index contributed by atoms with van der Waals surface area (Å²) in [6.07, 6.45) is 6.51. The van der Waals surface area contributed by atoms with Gasteiger partial charge in [0.2, 0.25) is 0 Å². The van der Waals surface area contributed by atoms with Crippen molar-refractivity contribution in [1.29, 1.82) is 0 Å². The summed E-state index contributed by atoms with van der Waals surface area (Å²) in [4.78, 5) is 0. The van der Waals surface area contributed by atoms with Gasteiger partial charge in [-0.1, -0.05) is 12.8 Å². The molecule has 2 aromatic rings. The SMILES string of the molecule is c1cc(C2CCNc3cc(C4CCCC4)nn32)cs1. The standard InChI is InChI=1S/C15H19N3S/c1-2-4-11(3-1)13-9-15-16-7-5-14(18(15)17-13)12-6-8-19-10-12/h6,8-11,14,16H,1-5,7H2. The molecule has 1 fully saturated rings. The topological polar surface area (TPSA) is 29.9 Å². The van der Waals surface area contributed by atoms with Crippen LogP contribution in [0.25, 0.3) is 0 Å². The van der Waals surface area contributed by atoms with Crippen LogP contribution in [0.5, 0.6) is 0 Å². The van der Waals surface area contributed by atoms with E-state index in [2.05, 4.69) is 32.9 Å². The number of nitrogens with zero attached hydrogens (tertiary/aromatic N) is 2. The van der Waals surface area contributed by atoms with Crippen LogP contribution in [0.4, 0.5) is 5.82 Å². The van der Waals surface area contributed by atoms with Crippen molar-refractivity contribution >= 4 is 17.2 Å². The maximum atomic E-state index is 4.93. The molecule has 0 saturated heterocycles. The zero-order valence-electron chi connectivity index (χ0n) is 11.0. The van der Waals surface area contributed by atoms with Crippen LogP contribution >= 0.6 is 11.3 Å². The molecule has 3 nitrogen and oxygen atoms in total. The maximum absolute atomic E-state index is 4.93. The molecule has 0 spiro atoms. The minimum atomic E-state index is 0.428. The molecule has 1 unspecified atom stereocenters. The number of hydrogen-bond acceptors (Lipinski definition) is 3. The maximum Gasteiger partial charge on any atom is 0.125 e. The fourth-order valence-corrected chi connectivity index (χ4v) is 4.14. The third kappa shape index (κ3) is 1.98. The van der Waals surface area contributed by atoms with E-state index in [9.17, 15) is 0 Å². The van der Waals surface area contributed by atoms with Crippen LogP contribution < -0.4 is 5.32 Å². The molecular formula is C15H19N3S. The molecule has 0 amide bonds. The Morgan fingerprint density at radius 3 is 2.95 bits per heavy atom. The Hall–Kier alpha value is -1.29. The number of hydrogen-bond donors (Lipinski definition) is 1. The molecule has 100 valence electrons. The quantitative estimate of drug-likeness (QED) is 0.896. The summed E-state index contributed by atoms with van der Waals surface area (Å²) in [5.74, 6) is 1.91. The lowest BCUT2D eigenvalue weighted by atomic mass is 10.0. The van der Waals surface area contributed by atoms with E-state index in [-0.39, 0.29) is 0 Å². The first-order valence-electron chi connectivity index (χ1n) is 7.27. The summed E-state index contributed by atoms with van der Waals surface area (Å²) >= 11 is 1.78. The van der Waals surface area contributed by atoms with Gasteiger partial charge in [-0.2, -0.15) is 16.4 Å². The highest BCUT2D eigenvalue weighted by atomic mass is 32.1. The van der Waals surface area contributed by atoms with E-state index in [1.807, 2.05) is 0 Å². The van der Waals surface area contributed by atoms with Crippen LogP contribution in [0.15, 0.2) is 22.9 Å². The van der Waals surface area contributed by atoms with Gasteiger partial charge in [0.1, 0.15) is 5.82 Å². The van der Waals surface area contributed by atoms with Crippen LogP contribution in [-0.2, 0) is 0 Å². The second-order valence-corrected chi connectivity index (χ2v) is 6.45. The number of rotatable bonds is 2. The molecule has 19 heavy (non-hydrogen) atoms. The number of aromatic nitrogens is 2. The van der Waals surface area contributed by atoms with E-state index >= 15 is 0 Å². The van der Waals surface area contributed by atoms with Gasteiger partial charge in [-0.25, -0.2) is 4.68 Å². The molecule has 4 rings (SSSR count). The first kappa shape index (κ1) is 11.5. The van der Waals surface area contributed by atoms with Crippen molar-refractivity contribution in [3.05, 3.63) is 34.2 Å².